The quantitative estimate of drug-likeness (QED) is 0.810. The van der Waals surface area contributed by atoms with Crippen molar-refractivity contribution in [1.82, 2.24) is 4.90 Å². The summed E-state index contributed by atoms with van der Waals surface area (Å²) >= 11 is 11.4. The number of alkyl halides is 1. The second-order valence-electron chi connectivity index (χ2n) is 4.36. The Morgan fingerprint density at radius 2 is 2.00 bits per heavy atom. The molecular weight excluding hydrogens is 323 g/mol. The summed E-state index contributed by atoms with van der Waals surface area (Å²) in [5.74, 6) is -0.0742. The highest BCUT2D eigenvalue weighted by molar-refractivity contribution is 7.92. The standard InChI is InChI=1S/C12H16Cl2N2O3S/c1-16(2)12(17)9-4-5-10(14)11(8-9)15-20(18,19)7-3-6-13/h4-5,8,15H,3,6-7H2,1-2H3. The van der Waals surface area contributed by atoms with Gasteiger partial charge in [-0.2, -0.15) is 0 Å². The van der Waals surface area contributed by atoms with E-state index in [9.17, 15) is 13.2 Å². The van der Waals surface area contributed by atoms with Crippen molar-refractivity contribution in [1.29, 1.82) is 0 Å². The van der Waals surface area contributed by atoms with E-state index in [-0.39, 0.29) is 28.3 Å². The number of nitrogens with zero attached hydrogens (tertiary/aromatic N) is 1. The van der Waals surface area contributed by atoms with Crippen LogP contribution in [0.5, 0.6) is 0 Å². The first-order chi connectivity index (χ1) is 9.26. The number of carbonyl (C=O) groups is 1. The van der Waals surface area contributed by atoms with E-state index in [4.69, 9.17) is 23.2 Å². The molecule has 0 heterocycles. The number of hydrogen-bond donors (Lipinski definition) is 1. The molecule has 8 heteroatoms. The molecule has 5 nitrogen and oxygen atoms in total. The van der Waals surface area contributed by atoms with Crippen molar-refractivity contribution >= 4 is 44.8 Å². The summed E-state index contributed by atoms with van der Waals surface area (Å²) in [7, 11) is -0.301. The Balaban J connectivity index is 3.01. The normalized spacial score (nSPS) is 11.2. The van der Waals surface area contributed by atoms with E-state index in [2.05, 4.69) is 4.72 Å². The zero-order valence-electron chi connectivity index (χ0n) is 11.2. The van der Waals surface area contributed by atoms with Gasteiger partial charge in [0.05, 0.1) is 16.5 Å². The Bertz CT molecular complexity index is 588. The summed E-state index contributed by atoms with van der Waals surface area (Å²) < 4.78 is 26.0. The van der Waals surface area contributed by atoms with Crippen LogP contribution in [-0.2, 0) is 10.0 Å². The van der Waals surface area contributed by atoms with E-state index in [0.717, 1.165) is 0 Å². The molecular formula is C12H16Cl2N2O3S. The van der Waals surface area contributed by atoms with Gasteiger partial charge in [-0.3, -0.25) is 9.52 Å². The van der Waals surface area contributed by atoms with E-state index in [1.54, 1.807) is 20.2 Å². The van der Waals surface area contributed by atoms with Gasteiger partial charge in [0.25, 0.3) is 5.91 Å². The lowest BCUT2D eigenvalue weighted by molar-refractivity contribution is 0.0827. The number of halogens is 2. The van der Waals surface area contributed by atoms with Crippen molar-refractivity contribution in [2.75, 3.05) is 30.5 Å². The fraction of sp³-hybridized carbons (Fsp3) is 0.417. The Morgan fingerprint density at radius 1 is 1.35 bits per heavy atom. The number of rotatable bonds is 6. The maximum Gasteiger partial charge on any atom is 0.253 e. The van der Waals surface area contributed by atoms with Crippen molar-refractivity contribution < 1.29 is 13.2 Å². The summed E-state index contributed by atoms with van der Waals surface area (Å²) in [6.07, 6.45) is 0.338. The molecule has 0 aliphatic carbocycles. The molecule has 0 aromatic heterocycles. The first-order valence-corrected chi connectivity index (χ1v) is 8.41. The number of sulfonamides is 1. The third-order valence-electron chi connectivity index (χ3n) is 2.43. The van der Waals surface area contributed by atoms with Gasteiger partial charge in [0.1, 0.15) is 0 Å². The Kier molecular flexibility index (Phi) is 6.10. The van der Waals surface area contributed by atoms with Gasteiger partial charge >= 0.3 is 0 Å². The molecule has 0 spiro atoms. The molecule has 0 bridgehead atoms. The molecule has 0 unspecified atom stereocenters. The highest BCUT2D eigenvalue weighted by atomic mass is 35.5. The van der Waals surface area contributed by atoms with E-state index in [0.29, 0.717) is 12.0 Å². The molecule has 1 N–H and O–H groups in total. The maximum absolute atomic E-state index is 11.8. The third kappa shape index (κ3) is 4.85. The van der Waals surface area contributed by atoms with Crippen molar-refractivity contribution in [2.45, 2.75) is 6.42 Å². The number of carbonyl (C=O) groups excluding carboxylic acids is 1. The van der Waals surface area contributed by atoms with E-state index >= 15 is 0 Å². The van der Waals surface area contributed by atoms with Gasteiger partial charge < -0.3 is 4.90 Å². The molecule has 20 heavy (non-hydrogen) atoms. The lowest BCUT2D eigenvalue weighted by atomic mass is 10.2. The Hall–Kier alpha value is -0.980. The Morgan fingerprint density at radius 3 is 2.55 bits per heavy atom. The predicted molar refractivity (Wildman–Crippen MR) is 82.2 cm³/mol. The minimum absolute atomic E-state index is 0.0985. The number of benzene rings is 1. The molecule has 1 aromatic rings. The van der Waals surface area contributed by atoms with Gasteiger partial charge in [0, 0.05) is 25.5 Å². The summed E-state index contributed by atoms with van der Waals surface area (Å²) in [6, 6.07) is 4.45. The van der Waals surface area contributed by atoms with Crippen molar-refractivity contribution in [3.8, 4) is 0 Å². The topological polar surface area (TPSA) is 66.5 Å². The van der Waals surface area contributed by atoms with Gasteiger partial charge in [-0.05, 0) is 24.6 Å². The molecule has 0 radical (unpaired) electrons. The molecule has 112 valence electrons. The summed E-state index contributed by atoms with van der Waals surface area (Å²) in [6.45, 7) is 0. The first-order valence-electron chi connectivity index (χ1n) is 5.84. The fourth-order valence-electron chi connectivity index (χ4n) is 1.46. The average molecular weight is 339 g/mol. The lowest BCUT2D eigenvalue weighted by Crippen LogP contribution is -2.22. The minimum Gasteiger partial charge on any atom is -0.345 e. The van der Waals surface area contributed by atoms with Crippen molar-refractivity contribution in [2.24, 2.45) is 0 Å². The lowest BCUT2D eigenvalue weighted by Gasteiger charge is -2.13. The second-order valence-corrected chi connectivity index (χ2v) is 6.98. The Labute approximate surface area is 128 Å². The van der Waals surface area contributed by atoms with Crippen LogP contribution in [-0.4, -0.2) is 45.0 Å². The molecule has 0 atom stereocenters. The van der Waals surface area contributed by atoms with Gasteiger partial charge in [0.15, 0.2) is 0 Å². The fourth-order valence-corrected chi connectivity index (χ4v) is 3.10. The van der Waals surface area contributed by atoms with Crippen LogP contribution in [0.3, 0.4) is 0 Å². The van der Waals surface area contributed by atoms with Crippen LogP contribution in [0.15, 0.2) is 18.2 Å². The monoisotopic (exact) mass is 338 g/mol. The van der Waals surface area contributed by atoms with E-state index < -0.39 is 10.0 Å². The molecule has 0 aliphatic heterocycles. The minimum atomic E-state index is -3.53. The average Bonchev–Trinajstić information content (AvgIpc) is 2.38. The smallest absolute Gasteiger partial charge is 0.253 e. The van der Waals surface area contributed by atoms with Crippen molar-refractivity contribution in [3.05, 3.63) is 28.8 Å². The van der Waals surface area contributed by atoms with Crippen LogP contribution < -0.4 is 4.72 Å². The van der Waals surface area contributed by atoms with Gasteiger partial charge in [0.2, 0.25) is 10.0 Å². The molecule has 0 saturated carbocycles. The molecule has 0 saturated heterocycles. The second kappa shape index (κ2) is 7.15. The van der Waals surface area contributed by atoms with Crippen LogP contribution in [0.4, 0.5) is 5.69 Å². The SMILES string of the molecule is CN(C)C(=O)c1ccc(Cl)c(NS(=O)(=O)CCCCl)c1. The largest absolute Gasteiger partial charge is 0.345 e. The van der Waals surface area contributed by atoms with Gasteiger partial charge in [-0.15, -0.1) is 11.6 Å². The molecule has 1 rings (SSSR count). The van der Waals surface area contributed by atoms with Gasteiger partial charge in [-0.25, -0.2) is 8.42 Å². The number of amides is 1. The highest BCUT2D eigenvalue weighted by Crippen LogP contribution is 2.24. The molecule has 1 aromatic carbocycles. The zero-order chi connectivity index (χ0) is 15.3. The number of hydrogen-bond acceptors (Lipinski definition) is 3. The van der Waals surface area contributed by atoms with Gasteiger partial charge in [-0.1, -0.05) is 11.6 Å². The van der Waals surface area contributed by atoms with Crippen LogP contribution in [0, 0.1) is 0 Å². The highest BCUT2D eigenvalue weighted by Gasteiger charge is 2.15. The number of anilines is 1. The van der Waals surface area contributed by atoms with Crippen LogP contribution in [0.2, 0.25) is 5.02 Å². The maximum atomic E-state index is 11.8. The van der Waals surface area contributed by atoms with E-state index in [1.165, 1.54) is 17.0 Å². The van der Waals surface area contributed by atoms with Crippen LogP contribution >= 0.6 is 23.2 Å². The predicted octanol–water partition coefficient (Wildman–Crippen LogP) is 2.41. The van der Waals surface area contributed by atoms with Crippen LogP contribution in [0.25, 0.3) is 0 Å². The van der Waals surface area contributed by atoms with E-state index in [1.807, 2.05) is 0 Å². The first kappa shape index (κ1) is 17.1. The van der Waals surface area contributed by atoms with Crippen LogP contribution in [0.1, 0.15) is 16.8 Å². The summed E-state index contributed by atoms with van der Waals surface area (Å²) in [5.41, 5.74) is 0.545. The van der Waals surface area contributed by atoms with Crippen molar-refractivity contribution in [3.63, 3.8) is 0 Å². The molecule has 0 fully saturated rings. The summed E-state index contributed by atoms with van der Waals surface area (Å²) in [5, 5.41) is 0.231. The zero-order valence-corrected chi connectivity index (χ0v) is 13.5. The third-order valence-corrected chi connectivity index (χ3v) is 4.39. The molecule has 1 amide bonds. The number of nitrogens with one attached hydrogen (secondary N) is 1. The summed E-state index contributed by atoms with van der Waals surface area (Å²) in [4.78, 5) is 13.2. The molecule has 0 aliphatic rings.